The average molecular weight is 1360 g/mol. The molecule has 4 aliphatic rings. The number of fused-ring (bicyclic) bond motifs is 10. The molecule has 0 bridgehead atoms. The number of rotatable bonds is 24. The monoisotopic (exact) mass is 1360 g/mol. The Kier molecular flexibility index (Phi) is 22.4. The lowest BCUT2D eigenvalue weighted by Gasteiger charge is -2.29. The van der Waals surface area contributed by atoms with Gasteiger partial charge in [0.1, 0.15) is 46.1 Å². The topological polar surface area (TPSA) is 292 Å². The molecule has 22 heteroatoms. The Labute approximate surface area is 577 Å². The molecule has 12 rings (SSSR count). The molecular formula is C76H79N10O10S2+. The smallest absolute Gasteiger partial charge is 0.259 e. The van der Waals surface area contributed by atoms with Crippen LogP contribution in [-0.2, 0) is 73.9 Å². The third-order valence-corrected chi connectivity index (χ3v) is 20.9. The van der Waals surface area contributed by atoms with Crippen molar-refractivity contribution in [1.82, 2.24) is 25.3 Å². The highest BCUT2D eigenvalue weighted by Crippen LogP contribution is 2.44. The molecule has 2 aromatic heterocycles. The first-order valence-corrected chi connectivity index (χ1v) is 35.7. The number of nitrogens with zero attached hydrogens (tertiary/aromatic N) is 7. The molecule has 6 unspecified atom stereocenters. The molecule has 0 saturated heterocycles. The summed E-state index contributed by atoms with van der Waals surface area (Å²) in [6, 6.07) is 45.6. The van der Waals surface area contributed by atoms with Crippen molar-refractivity contribution in [3.05, 3.63) is 168 Å². The molecule has 2 aliphatic carbocycles. The summed E-state index contributed by atoms with van der Waals surface area (Å²) in [4.78, 5) is 130. The van der Waals surface area contributed by atoms with Crippen LogP contribution in [0.2, 0.25) is 0 Å². The van der Waals surface area contributed by atoms with Crippen LogP contribution < -0.4 is 25.9 Å². The summed E-state index contributed by atoms with van der Waals surface area (Å²) in [5.41, 5.74) is 25.2. The maximum atomic E-state index is 14.0. The number of ketones is 8. The van der Waals surface area contributed by atoms with E-state index in [1.54, 1.807) is 14.5 Å². The SMILES string of the molecule is CSC1CC(=O)C(CCC(=O)CCCC(=O)N2Cc3ccccc3-c3c(n[nH][n+]3-c3ccc(CC(N)C(C)=O)cc3)-c3ccccc32)C1=O.CSC1CC(=O)C(CCC(=O)CCCC(=O)N2Cc3ccccc3-c3nnn(-c4ccc(CC(N)C(C)=O)cc4)c3-c3ccccc32)C1=O. The molecule has 2 saturated carbocycles. The summed E-state index contributed by atoms with van der Waals surface area (Å²) in [5, 5.41) is 16.6. The predicted octanol–water partition coefficient (Wildman–Crippen LogP) is 10.1. The number of carbonyl (C=O) groups excluding carboxylic acids is 10. The third-order valence-electron chi connectivity index (χ3n) is 19.0. The van der Waals surface area contributed by atoms with Crippen LogP contribution in [0.5, 0.6) is 0 Å². The number of benzene rings is 6. The Bertz CT molecular complexity index is 4390. The first kappa shape index (κ1) is 69.9. The van der Waals surface area contributed by atoms with Gasteiger partial charge in [-0.05, 0) is 130 Å². The number of aromatic nitrogens is 6. The molecule has 2 amide bonds. The van der Waals surface area contributed by atoms with Gasteiger partial charge in [0.25, 0.3) is 5.69 Å². The number of Topliss-reactive ketones (excluding diaryl/α,β-unsaturated/α-hetero) is 8. The minimum absolute atomic E-state index is 0.0418. The maximum Gasteiger partial charge on any atom is 0.259 e. The van der Waals surface area contributed by atoms with E-state index in [4.69, 9.17) is 16.6 Å². The Morgan fingerprint density at radius 2 is 0.990 bits per heavy atom. The molecule has 20 nitrogen and oxygen atoms in total. The molecule has 504 valence electrons. The van der Waals surface area contributed by atoms with Gasteiger partial charge in [-0.25, -0.2) is 4.68 Å². The third kappa shape index (κ3) is 15.4. The van der Waals surface area contributed by atoms with Gasteiger partial charge in [0.15, 0.2) is 17.3 Å². The average Bonchev–Trinajstić information content (AvgIpc) is 1.46. The summed E-state index contributed by atoms with van der Waals surface area (Å²) in [7, 11) is 0. The molecule has 0 spiro atoms. The van der Waals surface area contributed by atoms with Crippen LogP contribution in [0.3, 0.4) is 0 Å². The Morgan fingerprint density at radius 3 is 1.49 bits per heavy atom. The Balaban J connectivity index is 0.000000198. The van der Waals surface area contributed by atoms with Crippen molar-refractivity contribution < 1.29 is 52.6 Å². The maximum absolute atomic E-state index is 14.0. The number of anilines is 2. The zero-order chi connectivity index (χ0) is 69.3. The Morgan fingerprint density at radius 1 is 0.541 bits per heavy atom. The van der Waals surface area contributed by atoms with E-state index in [2.05, 4.69) is 15.5 Å². The number of thioether (sulfide) groups is 2. The number of nitrogens with one attached hydrogen (secondary N) is 1. The lowest BCUT2D eigenvalue weighted by molar-refractivity contribution is -0.648. The van der Waals surface area contributed by atoms with Crippen LogP contribution in [-0.4, -0.2) is 118 Å². The van der Waals surface area contributed by atoms with Crippen molar-refractivity contribution in [2.24, 2.45) is 23.3 Å². The van der Waals surface area contributed by atoms with Gasteiger partial charge >= 0.3 is 0 Å². The molecular weight excluding hydrogens is 1280 g/mol. The zero-order valence-corrected chi connectivity index (χ0v) is 57.0. The van der Waals surface area contributed by atoms with Crippen LogP contribution in [0.4, 0.5) is 11.4 Å². The van der Waals surface area contributed by atoms with Crippen LogP contribution in [0.15, 0.2) is 146 Å². The lowest BCUT2D eigenvalue weighted by atomic mass is 9.95. The number of H-pyrrole nitrogens is 1. The molecule has 6 aromatic carbocycles. The number of carbonyl (C=O) groups is 10. The first-order valence-electron chi connectivity index (χ1n) is 33.2. The summed E-state index contributed by atoms with van der Waals surface area (Å²) >= 11 is 2.78. The Hall–Kier alpha value is -9.48. The fourth-order valence-electron chi connectivity index (χ4n) is 13.3. The van der Waals surface area contributed by atoms with E-state index in [0.717, 1.165) is 73.0 Å². The normalized spacial score (nSPS) is 17.5. The van der Waals surface area contributed by atoms with Crippen LogP contribution >= 0.6 is 23.5 Å². The second-order valence-corrected chi connectivity index (χ2v) is 27.6. The number of aromatic amines is 1. The molecule has 6 atom stereocenters. The minimum atomic E-state index is -0.684. The summed E-state index contributed by atoms with van der Waals surface area (Å²) in [6.45, 7) is 3.63. The largest absolute Gasteiger partial charge is 0.321 e. The van der Waals surface area contributed by atoms with Gasteiger partial charge in [0.05, 0.1) is 70.1 Å². The van der Waals surface area contributed by atoms with Crippen molar-refractivity contribution in [2.45, 2.75) is 139 Å². The van der Waals surface area contributed by atoms with E-state index < -0.39 is 23.9 Å². The van der Waals surface area contributed by atoms with Gasteiger partial charge in [0.2, 0.25) is 17.5 Å². The van der Waals surface area contributed by atoms with E-state index in [-0.39, 0.29) is 133 Å². The van der Waals surface area contributed by atoms with Gasteiger partial charge in [-0.2, -0.15) is 23.5 Å². The van der Waals surface area contributed by atoms with E-state index in [1.165, 1.54) is 37.4 Å². The van der Waals surface area contributed by atoms with Crippen molar-refractivity contribution >= 4 is 93.0 Å². The highest BCUT2D eigenvalue weighted by atomic mass is 32.2. The van der Waals surface area contributed by atoms with Crippen LogP contribution in [0.25, 0.3) is 56.4 Å². The lowest BCUT2D eigenvalue weighted by Crippen LogP contribution is -2.36. The van der Waals surface area contributed by atoms with Gasteiger partial charge in [0, 0.05) is 73.2 Å². The minimum Gasteiger partial charge on any atom is -0.321 e. The number of hydrogen-bond donors (Lipinski definition) is 3. The molecule has 4 heterocycles. The summed E-state index contributed by atoms with van der Waals surface area (Å²) in [5.74, 6) is -2.07. The number of nitrogens with two attached hydrogens (primary N) is 2. The van der Waals surface area contributed by atoms with Crippen molar-refractivity contribution in [3.8, 4) is 56.4 Å². The van der Waals surface area contributed by atoms with Crippen molar-refractivity contribution in [3.63, 3.8) is 0 Å². The van der Waals surface area contributed by atoms with Crippen molar-refractivity contribution in [1.29, 1.82) is 0 Å². The molecule has 5 N–H and O–H groups in total. The summed E-state index contributed by atoms with van der Waals surface area (Å²) < 4.78 is 3.70. The van der Waals surface area contributed by atoms with E-state index in [9.17, 15) is 47.9 Å². The second-order valence-electron chi connectivity index (χ2n) is 25.5. The fraction of sp³-hybridized carbons (Fsp3) is 0.342. The van der Waals surface area contributed by atoms with Gasteiger partial charge in [-0.1, -0.05) is 114 Å². The van der Waals surface area contributed by atoms with E-state index in [0.29, 0.717) is 55.8 Å². The highest BCUT2D eigenvalue weighted by Gasteiger charge is 2.42. The fourth-order valence-corrected chi connectivity index (χ4v) is 14.8. The highest BCUT2D eigenvalue weighted by molar-refractivity contribution is 8.00. The van der Waals surface area contributed by atoms with E-state index >= 15 is 0 Å². The van der Waals surface area contributed by atoms with Gasteiger partial charge in [-0.15, -0.1) is 9.78 Å². The van der Waals surface area contributed by atoms with Crippen LogP contribution in [0.1, 0.15) is 113 Å². The molecule has 2 aliphatic heterocycles. The standard InChI is InChI=1S/2C38H39N5O5S/c1-23(44)31(39)20-24-14-16-26(17-15-24)43-37-28-10-4-3-8-25(28)22-42(32-12-6-5-11-29(32)36(37)40-41-43)35(47)13-7-9-27(45)18-19-30-33(46)21-34(49-2)38(30)48;1-23(44)31(39)20-24-14-16-26(17-15-24)43-37-29-11-5-6-12-32(29)42(22-25-8-3-4-10-28(25)36(37)40-41-43)35(47)13-7-9-27(45)18-19-30-33(46)21-34(49-2)38(30)48/h2*3-6,8,10-12,14-17,30-31,34H,7,9,13,18-22,39H2,1-2H3/p+1. The number of hydrogen-bond acceptors (Lipinski definition) is 17. The zero-order valence-electron chi connectivity index (χ0n) is 55.3. The number of amides is 2. The molecule has 2 fully saturated rings. The van der Waals surface area contributed by atoms with Gasteiger partial charge in [-0.3, -0.25) is 47.9 Å². The van der Waals surface area contributed by atoms with Gasteiger partial charge < -0.3 is 21.3 Å². The molecule has 8 aromatic rings. The molecule has 0 radical (unpaired) electrons. The van der Waals surface area contributed by atoms with Crippen LogP contribution in [0, 0.1) is 11.8 Å². The predicted molar refractivity (Wildman–Crippen MR) is 377 cm³/mol. The molecule has 98 heavy (non-hydrogen) atoms. The first-order chi connectivity index (χ1) is 47.3. The summed E-state index contributed by atoms with van der Waals surface area (Å²) in [6.07, 6.45) is 7.32. The second kappa shape index (κ2) is 31.4. The van der Waals surface area contributed by atoms with E-state index in [1.807, 2.05) is 163 Å². The van der Waals surface area contributed by atoms with Crippen molar-refractivity contribution in [2.75, 3.05) is 22.3 Å². The quantitative estimate of drug-likeness (QED) is 0.0374. The number of para-hydroxylation sites is 2.